The Morgan fingerprint density at radius 1 is 1.06 bits per heavy atom. The number of amides is 3. The molecule has 0 unspecified atom stereocenters. The fourth-order valence-electron chi connectivity index (χ4n) is 3.37. The molecule has 9 heteroatoms. The van der Waals surface area contributed by atoms with Gasteiger partial charge in [-0.1, -0.05) is 25.1 Å². The maximum atomic E-state index is 14.2. The lowest BCUT2D eigenvalue weighted by atomic mass is 10.1. The summed E-state index contributed by atoms with van der Waals surface area (Å²) in [6.07, 6.45) is 2.96. The molecular weight excluding hydrogens is 432 g/mol. The smallest absolute Gasteiger partial charge is 0.434 e. The van der Waals surface area contributed by atoms with E-state index in [9.17, 15) is 18.4 Å². The zero-order valence-electron chi connectivity index (χ0n) is 18.7. The Kier molecular flexibility index (Phi) is 8.86. The highest BCUT2D eigenvalue weighted by atomic mass is 19.1. The fourth-order valence-corrected chi connectivity index (χ4v) is 3.37. The molecule has 0 spiro atoms. The van der Waals surface area contributed by atoms with Crippen molar-refractivity contribution in [1.29, 1.82) is 0 Å². The lowest BCUT2D eigenvalue weighted by Crippen LogP contribution is -2.45. The van der Waals surface area contributed by atoms with E-state index in [1.807, 2.05) is 19.1 Å². The van der Waals surface area contributed by atoms with Gasteiger partial charge in [0.05, 0.1) is 13.2 Å². The number of benzene rings is 2. The van der Waals surface area contributed by atoms with E-state index in [4.69, 9.17) is 9.57 Å². The summed E-state index contributed by atoms with van der Waals surface area (Å²) in [6.45, 7) is 3.51. The molecular formula is C24H29F2N3O4. The number of nitrogens with zero attached hydrogens (tertiary/aromatic N) is 2. The fraction of sp³-hybridized carbons (Fsp3) is 0.417. The van der Waals surface area contributed by atoms with E-state index in [1.165, 1.54) is 11.0 Å². The molecule has 1 fully saturated rings. The van der Waals surface area contributed by atoms with Crippen molar-refractivity contribution in [3.8, 4) is 5.75 Å². The van der Waals surface area contributed by atoms with Crippen LogP contribution in [0.15, 0.2) is 42.5 Å². The highest BCUT2D eigenvalue weighted by molar-refractivity contribution is 5.76. The third kappa shape index (κ3) is 7.34. The van der Waals surface area contributed by atoms with E-state index < -0.39 is 23.8 Å². The molecule has 3 rings (SSSR count). The van der Waals surface area contributed by atoms with E-state index in [-0.39, 0.29) is 18.7 Å². The number of likely N-dealkylation sites (tertiary alicyclic amines) is 1. The van der Waals surface area contributed by atoms with Crippen molar-refractivity contribution in [3.63, 3.8) is 0 Å². The van der Waals surface area contributed by atoms with Gasteiger partial charge in [-0.15, -0.1) is 5.06 Å². The first-order valence-corrected chi connectivity index (χ1v) is 11.1. The van der Waals surface area contributed by atoms with Crippen LogP contribution in [0.3, 0.4) is 0 Å². The van der Waals surface area contributed by atoms with Crippen molar-refractivity contribution < 1.29 is 27.9 Å². The van der Waals surface area contributed by atoms with Crippen LogP contribution in [0.1, 0.15) is 43.7 Å². The summed E-state index contributed by atoms with van der Waals surface area (Å²) < 4.78 is 33.0. The number of nitrogens with one attached hydrogen (secondary N) is 1. The summed E-state index contributed by atoms with van der Waals surface area (Å²) in [5.41, 5.74) is 0.831. The Labute approximate surface area is 192 Å². The third-order valence-corrected chi connectivity index (χ3v) is 5.20. The highest BCUT2D eigenvalue weighted by Gasteiger charge is 2.25. The maximum Gasteiger partial charge on any atom is 0.434 e. The molecule has 2 aromatic rings. The van der Waals surface area contributed by atoms with E-state index in [0.29, 0.717) is 19.7 Å². The first-order valence-electron chi connectivity index (χ1n) is 11.1. The number of halogens is 2. The van der Waals surface area contributed by atoms with Crippen molar-refractivity contribution in [2.75, 3.05) is 19.7 Å². The van der Waals surface area contributed by atoms with Crippen molar-refractivity contribution in [2.24, 2.45) is 0 Å². The first kappa shape index (κ1) is 24.3. The molecule has 7 nitrogen and oxygen atoms in total. The monoisotopic (exact) mass is 461 g/mol. The largest absolute Gasteiger partial charge is 0.494 e. The molecule has 0 saturated carbocycles. The van der Waals surface area contributed by atoms with Gasteiger partial charge in [0.2, 0.25) is 0 Å². The van der Waals surface area contributed by atoms with Gasteiger partial charge < -0.3 is 19.8 Å². The number of carbonyl (C=O) groups excluding carboxylic acids is 2. The molecule has 0 atom stereocenters. The second kappa shape index (κ2) is 12.0. The van der Waals surface area contributed by atoms with Crippen LogP contribution in [0.2, 0.25) is 0 Å². The van der Waals surface area contributed by atoms with Crippen LogP contribution in [0.5, 0.6) is 5.75 Å². The van der Waals surface area contributed by atoms with Crippen molar-refractivity contribution in [1.82, 2.24) is 15.3 Å². The van der Waals surface area contributed by atoms with Gasteiger partial charge in [0.1, 0.15) is 17.4 Å². The summed E-state index contributed by atoms with van der Waals surface area (Å²) in [7, 11) is 0. The lowest BCUT2D eigenvalue weighted by molar-refractivity contribution is -0.0813. The molecule has 1 saturated heterocycles. The summed E-state index contributed by atoms with van der Waals surface area (Å²) in [5, 5.41) is 3.44. The molecule has 0 bridgehead atoms. The molecule has 0 aliphatic carbocycles. The van der Waals surface area contributed by atoms with E-state index in [1.54, 1.807) is 12.1 Å². The minimum atomic E-state index is -0.829. The van der Waals surface area contributed by atoms with Crippen LogP contribution < -0.4 is 10.1 Å². The lowest BCUT2D eigenvalue weighted by Gasteiger charge is -2.29. The molecule has 1 aliphatic rings. The van der Waals surface area contributed by atoms with Gasteiger partial charge >= 0.3 is 12.1 Å². The van der Waals surface area contributed by atoms with Gasteiger partial charge in [-0.3, -0.25) is 0 Å². The van der Waals surface area contributed by atoms with Crippen LogP contribution in [-0.4, -0.2) is 41.8 Å². The number of carbonyl (C=O) groups is 2. The zero-order valence-corrected chi connectivity index (χ0v) is 18.7. The molecule has 0 radical (unpaired) electrons. The number of hydroxylamine groups is 2. The molecule has 0 aromatic heterocycles. The van der Waals surface area contributed by atoms with Gasteiger partial charge in [-0.25, -0.2) is 18.4 Å². The predicted octanol–water partition coefficient (Wildman–Crippen LogP) is 5.00. The van der Waals surface area contributed by atoms with Gasteiger partial charge in [-0.05, 0) is 49.4 Å². The van der Waals surface area contributed by atoms with Gasteiger partial charge in [0.15, 0.2) is 0 Å². The van der Waals surface area contributed by atoms with Gasteiger partial charge in [0.25, 0.3) is 0 Å². The minimum Gasteiger partial charge on any atom is -0.494 e. The Hall–Kier alpha value is -3.36. The van der Waals surface area contributed by atoms with Crippen LogP contribution >= 0.6 is 0 Å². The molecule has 33 heavy (non-hydrogen) atoms. The average Bonchev–Trinajstić information content (AvgIpc) is 2.83. The third-order valence-electron chi connectivity index (χ3n) is 5.20. The van der Waals surface area contributed by atoms with Crippen molar-refractivity contribution >= 4 is 12.1 Å². The molecule has 1 aliphatic heterocycles. The van der Waals surface area contributed by atoms with Crippen LogP contribution in [0.4, 0.5) is 18.4 Å². The van der Waals surface area contributed by atoms with Gasteiger partial charge in [0, 0.05) is 31.3 Å². The van der Waals surface area contributed by atoms with E-state index in [0.717, 1.165) is 54.2 Å². The summed E-state index contributed by atoms with van der Waals surface area (Å²) in [6, 6.07) is 9.55. The normalized spacial score (nSPS) is 13.4. The zero-order chi connectivity index (χ0) is 23.6. The molecule has 3 amide bonds. The topological polar surface area (TPSA) is 71.1 Å². The Morgan fingerprint density at radius 2 is 1.79 bits per heavy atom. The summed E-state index contributed by atoms with van der Waals surface area (Å²) in [4.78, 5) is 32.2. The highest BCUT2D eigenvalue weighted by Crippen LogP contribution is 2.16. The van der Waals surface area contributed by atoms with Crippen LogP contribution in [-0.2, 0) is 17.9 Å². The SMILES string of the molecule is CCCOc1ccc(CNC(=O)N(Cc2ccc(F)cc2F)OC(=O)N2CCCCC2)cc1. The van der Waals surface area contributed by atoms with Crippen LogP contribution in [0, 0.1) is 11.6 Å². The van der Waals surface area contributed by atoms with E-state index >= 15 is 0 Å². The number of urea groups is 1. The summed E-state index contributed by atoms with van der Waals surface area (Å²) in [5.74, 6) is -0.829. The number of hydrogen-bond donors (Lipinski definition) is 1. The number of rotatable bonds is 7. The quantitative estimate of drug-likeness (QED) is 0.589. The minimum absolute atomic E-state index is 0.0235. The average molecular weight is 462 g/mol. The molecule has 1 heterocycles. The Balaban J connectivity index is 1.66. The van der Waals surface area contributed by atoms with Gasteiger partial charge in [-0.2, -0.15) is 0 Å². The molecule has 178 valence electrons. The first-order chi connectivity index (χ1) is 16.0. The number of hydrogen-bond acceptors (Lipinski definition) is 4. The predicted molar refractivity (Wildman–Crippen MR) is 118 cm³/mol. The van der Waals surface area contributed by atoms with Crippen LogP contribution in [0.25, 0.3) is 0 Å². The van der Waals surface area contributed by atoms with Crippen molar-refractivity contribution in [2.45, 2.75) is 45.7 Å². The number of ether oxygens (including phenoxy) is 1. The molecule has 2 aromatic carbocycles. The summed E-state index contributed by atoms with van der Waals surface area (Å²) >= 11 is 0. The Bertz CT molecular complexity index is 934. The molecule has 1 N–H and O–H groups in total. The Morgan fingerprint density at radius 3 is 2.45 bits per heavy atom. The van der Waals surface area contributed by atoms with Crippen molar-refractivity contribution in [3.05, 3.63) is 65.2 Å². The number of piperidine rings is 1. The second-order valence-electron chi connectivity index (χ2n) is 7.83. The maximum absolute atomic E-state index is 14.2. The second-order valence-corrected chi connectivity index (χ2v) is 7.83. The van der Waals surface area contributed by atoms with E-state index in [2.05, 4.69) is 5.32 Å². The standard InChI is InChI=1S/C24H29F2N3O4/c1-2-14-32-21-10-6-18(7-11-21)16-27-23(30)29(17-19-8-9-20(25)15-22(19)26)33-24(31)28-12-4-3-5-13-28/h6-11,15H,2-5,12-14,16-17H2,1H3,(H,27,30).